The number of ether oxygens (including phenoxy) is 1. The van der Waals surface area contributed by atoms with Gasteiger partial charge in [0.25, 0.3) is 0 Å². The van der Waals surface area contributed by atoms with E-state index < -0.39 is 0 Å². The lowest BCUT2D eigenvalue weighted by Gasteiger charge is -2.35. The van der Waals surface area contributed by atoms with Crippen molar-refractivity contribution in [2.45, 2.75) is 37.8 Å². The zero-order valence-corrected chi connectivity index (χ0v) is 11.1. The molecule has 3 rings (SSSR count). The number of nitrogens with one attached hydrogen (secondary N) is 1. The fourth-order valence-electron chi connectivity index (χ4n) is 2.72. The van der Waals surface area contributed by atoms with E-state index in [1.807, 2.05) is 12.1 Å². The lowest BCUT2D eigenvalue weighted by molar-refractivity contribution is 0.413. The van der Waals surface area contributed by atoms with E-state index in [0.29, 0.717) is 6.04 Å². The van der Waals surface area contributed by atoms with Gasteiger partial charge in [-0.2, -0.15) is 0 Å². The van der Waals surface area contributed by atoms with Crippen molar-refractivity contribution >= 4 is 5.69 Å². The number of methoxy groups -OCH3 is 1. The summed E-state index contributed by atoms with van der Waals surface area (Å²) in [5.74, 6) is 0.934. The minimum Gasteiger partial charge on any atom is -0.497 e. The van der Waals surface area contributed by atoms with E-state index in [4.69, 9.17) is 4.74 Å². The monoisotopic (exact) mass is 246 g/mol. The quantitative estimate of drug-likeness (QED) is 0.883. The maximum absolute atomic E-state index is 5.21. The van der Waals surface area contributed by atoms with Crippen LogP contribution < -0.4 is 15.0 Å². The summed E-state index contributed by atoms with van der Waals surface area (Å²) < 4.78 is 5.21. The predicted octanol–water partition coefficient (Wildman–Crippen LogP) is 2.42. The van der Waals surface area contributed by atoms with E-state index in [9.17, 15) is 0 Å². The van der Waals surface area contributed by atoms with Gasteiger partial charge < -0.3 is 15.0 Å². The molecule has 1 heterocycles. The van der Waals surface area contributed by atoms with Gasteiger partial charge in [0.05, 0.1) is 7.11 Å². The molecule has 1 saturated carbocycles. The first-order valence-corrected chi connectivity index (χ1v) is 7.00. The van der Waals surface area contributed by atoms with Crippen LogP contribution in [0.1, 0.15) is 25.7 Å². The maximum Gasteiger partial charge on any atom is 0.119 e. The molecule has 0 bridgehead atoms. The molecule has 1 atom stereocenters. The third-order valence-corrected chi connectivity index (χ3v) is 3.91. The Balaban J connectivity index is 1.62. The number of anilines is 1. The van der Waals surface area contributed by atoms with Crippen molar-refractivity contribution in [1.29, 1.82) is 0 Å². The van der Waals surface area contributed by atoms with Crippen molar-refractivity contribution in [2.24, 2.45) is 0 Å². The fraction of sp³-hybridized carbons (Fsp3) is 0.600. The predicted molar refractivity (Wildman–Crippen MR) is 74.4 cm³/mol. The molecule has 0 radical (unpaired) electrons. The standard InChI is InChI=1S/C15H22N2O/c1-18-15-8-6-14(7-9-15)17-10-2-3-13(11-17)16-12-4-5-12/h6-9,12-13,16H,2-5,10-11H2,1H3. The van der Waals surface area contributed by atoms with Gasteiger partial charge in [0.2, 0.25) is 0 Å². The highest BCUT2D eigenvalue weighted by Crippen LogP contribution is 2.25. The second-order valence-electron chi connectivity index (χ2n) is 5.42. The second kappa shape index (κ2) is 5.19. The summed E-state index contributed by atoms with van der Waals surface area (Å²) in [6, 6.07) is 9.91. The Hall–Kier alpha value is -1.22. The average molecular weight is 246 g/mol. The average Bonchev–Trinajstić information content (AvgIpc) is 3.23. The topological polar surface area (TPSA) is 24.5 Å². The summed E-state index contributed by atoms with van der Waals surface area (Å²) in [5.41, 5.74) is 1.32. The van der Waals surface area contributed by atoms with Crippen LogP contribution in [0.2, 0.25) is 0 Å². The smallest absolute Gasteiger partial charge is 0.119 e. The van der Waals surface area contributed by atoms with Crippen LogP contribution in [0.25, 0.3) is 0 Å². The molecule has 0 spiro atoms. The SMILES string of the molecule is COc1ccc(N2CCCC(NC3CC3)C2)cc1. The van der Waals surface area contributed by atoms with E-state index in [1.54, 1.807) is 7.11 Å². The van der Waals surface area contributed by atoms with Gasteiger partial charge in [-0.15, -0.1) is 0 Å². The molecule has 18 heavy (non-hydrogen) atoms. The summed E-state index contributed by atoms with van der Waals surface area (Å²) in [6.07, 6.45) is 5.36. The Morgan fingerprint density at radius 2 is 1.89 bits per heavy atom. The number of hydrogen-bond donors (Lipinski definition) is 1. The van der Waals surface area contributed by atoms with Crippen molar-refractivity contribution in [3.8, 4) is 5.75 Å². The van der Waals surface area contributed by atoms with Crippen LogP contribution in [0, 0.1) is 0 Å². The van der Waals surface area contributed by atoms with Gasteiger partial charge in [-0.25, -0.2) is 0 Å². The highest BCUT2D eigenvalue weighted by molar-refractivity contribution is 5.49. The Bertz CT molecular complexity index is 386. The molecule has 1 aliphatic carbocycles. The summed E-state index contributed by atoms with van der Waals surface area (Å²) in [5, 5.41) is 3.75. The van der Waals surface area contributed by atoms with Crippen molar-refractivity contribution in [3.63, 3.8) is 0 Å². The Labute approximate surface area is 109 Å². The molecule has 0 amide bonds. The first kappa shape index (κ1) is 11.8. The lowest BCUT2D eigenvalue weighted by Crippen LogP contribution is -2.46. The summed E-state index contributed by atoms with van der Waals surface area (Å²) in [6.45, 7) is 2.32. The number of piperidine rings is 1. The van der Waals surface area contributed by atoms with Crippen LogP contribution in [0.3, 0.4) is 0 Å². The summed E-state index contributed by atoms with van der Waals surface area (Å²) >= 11 is 0. The minimum absolute atomic E-state index is 0.674. The van der Waals surface area contributed by atoms with E-state index in [1.165, 1.54) is 37.9 Å². The summed E-state index contributed by atoms with van der Waals surface area (Å²) in [7, 11) is 1.71. The van der Waals surface area contributed by atoms with E-state index >= 15 is 0 Å². The molecule has 3 nitrogen and oxygen atoms in total. The molecule has 2 aliphatic rings. The molecular formula is C15H22N2O. The highest BCUT2D eigenvalue weighted by atomic mass is 16.5. The molecule has 3 heteroatoms. The van der Waals surface area contributed by atoms with Gasteiger partial charge in [0.1, 0.15) is 5.75 Å². The van der Waals surface area contributed by atoms with Gasteiger partial charge in [0, 0.05) is 30.9 Å². The molecular weight excluding hydrogens is 224 g/mol. The normalized spacial score (nSPS) is 24.1. The van der Waals surface area contributed by atoms with Crippen LogP contribution in [0.4, 0.5) is 5.69 Å². The van der Waals surface area contributed by atoms with Crippen LogP contribution in [-0.2, 0) is 0 Å². The molecule has 1 aromatic carbocycles. The van der Waals surface area contributed by atoms with Crippen molar-refractivity contribution in [2.75, 3.05) is 25.1 Å². The van der Waals surface area contributed by atoms with Crippen LogP contribution in [0.15, 0.2) is 24.3 Å². The van der Waals surface area contributed by atoms with Gasteiger partial charge in [0.15, 0.2) is 0 Å². The van der Waals surface area contributed by atoms with Crippen molar-refractivity contribution in [3.05, 3.63) is 24.3 Å². The molecule has 1 N–H and O–H groups in total. The maximum atomic E-state index is 5.21. The van der Waals surface area contributed by atoms with Crippen molar-refractivity contribution < 1.29 is 4.74 Å². The molecule has 1 aliphatic heterocycles. The van der Waals surface area contributed by atoms with E-state index in [0.717, 1.165) is 18.3 Å². The molecule has 1 unspecified atom stereocenters. The van der Waals surface area contributed by atoms with Gasteiger partial charge in [-0.05, 0) is 49.9 Å². The second-order valence-corrected chi connectivity index (χ2v) is 5.42. The number of hydrogen-bond acceptors (Lipinski definition) is 3. The Kier molecular flexibility index (Phi) is 3.41. The van der Waals surface area contributed by atoms with Crippen LogP contribution >= 0.6 is 0 Å². The number of benzene rings is 1. The Morgan fingerprint density at radius 1 is 1.11 bits per heavy atom. The van der Waals surface area contributed by atoms with Crippen LogP contribution in [0.5, 0.6) is 5.75 Å². The van der Waals surface area contributed by atoms with Crippen molar-refractivity contribution in [1.82, 2.24) is 5.32 Å². The number of rotatable bonds is 4. The van der Waals surface area contributed by atoms with Crippen LogP contribution in [-0.4, -0.2) is 32.3 Å². The third-order valence-electron chi connectivity index (χ3n) is 3.91. The highest BCUT2D eigenvalue weighted by Gasteiger charge is 2.27. The van der Waals surface area contributed by atoms with Gasteiger partial charge >= 0.3 is 0 Å². The molecule has 1 aromatic rings. The Morgan fingerprint density at radius 3 is 2.56 bits per heavy atom. The fourth-order valence-corrected chi connectivity index (χ4v) is 2.72. The van der Waals surface area contributed by atoms with E-state index in [2.05, 4.69) is 22.3 Å². The number of nitrogens with zero attached hydrogens (tertiary/aromatic N) is 1. The van der Waals surface area contributed by atoms with Gasteiger partial charge in [-0.3, -0.25) is 0 Å². The lowest BCUT2D eigenvalue weighted by atomic mass is 10.0. The molecule has 1 saturated heterocycles. The van der Waals surface area contributed by atoms with Gasteiger partial charge in [-0.1, -0.05) is 0 Å². The molecule has 2 fully saturated rings. The first-order chi connectivity index (χ1) is 8.85. The van der Waals surface area contributed by atoms with E-state index in [-0.39, 0.29) is 0 Å². The molecule has 0 aromatic heterocycles. The summed E-state index contributed by atoms with van der Waals surface area (Å²) in [4.78, 5) is 2.49. The zero-order valence-electron chi connectivity index (χ0n) is 11.1. The zero-order chi connectivity index (χ0) is 12.4. The molecule has 98 valence electrons. The minimum atomic E-state index is 0.674. The third kappa shape index (κ3) is 2.78. The largest absolute Gasteiger partial charge is 0.497 e. The first-order valence-electron chi connectivity index (χ1n) is 7.00.